The molecule has 0 aliphatic heterocycles. The van der Waals surface area contributed by atoms with E-state index >= 15 is 0 Å². The number of nitrogens with one attached hydrogen (secondary N) is 2. The van der Waals surface area contributed by atoms with Crippen molar-refractivity contribution in [2.75, 3.05) is 30.0 Å². The first-order valence-corrected chi connectivity index (χ1v) is 12.7. The fraction of sp³-hybridized carbons (Fsp3) is 0.263. The van der Waals surface area contributed by atoms with Crippen LogP contribution in [0.2, 0.25) is 0 Å². The van der Waals surface area contributed by atoms with Crippen LogP contribution in [-0.2, 0) is 18.4 Å². The summed E-state index contributed by atoms with van der Waals surface area (Å²) < 4.78 is 24.7. The van der Waals surface area contributed by atoms with Gasteiger partial charge in [0.05, 0.1) is 24.9 Å². The predicted molar refractivity (Wildman–Crippen MR) is 127 cm³/mol. The molecule has 0 unspecified atom stereocenters. The Bertz CT molecular complexity index is 1140. The Hall–Kier alpha value is -1.91. The normalized spacial score (nSPS) is 11.5. The minimum atomic E-state index is -3.51. The maximum atomic E-state index is 12.6. The molecule has 0 saturated heterocycles. The SMILES string of the molecule is CCOP(=O)(CC(=O)Nc1cc2c(Nc3ccc(Br)c(Br)c3)ncnc2cn1)OCC. The second-order valence-corrected chi connectivity index (χ2v) is 9.98. The van der Waals surface area contributed by atoms with Gasteiger partial charge in [-0.15, -0.1) is 0 Å². The zero-order valence-corrected chi connectivity index (χ0v) is 20.8. The number of amides is 1. The molecule has 1 aromatic carbocycles. The summed E-state index contributed by atoms with van der Waals surface area (Å²) in [5.41, 5.74) is 1.41. The lowest BCUT2D eigenvalue weighted by Crippen LogP contribution is -2.19. The lowest BCUT2D eigenvalue weighted by Gasteiger charge is -2.16. The molecule has 2 aromatic heterocycles. The quantitative estimate of drug-likeness (QED) is 0.323. The Morgan fingerprint density at radius 3 is 2.48 bits per heavy atom. The van der Waals surface area contributed by atoms with Crippen molar-refractivity contribution in [1.29, 1.82) is 0 Å². The van der Waals surface area contributed by atoms with E-state index in [0.29, 0.717) is 16.7 Å². The summed E-state index contributed by atoms with van der Waals surface area (Å²) in [5.74, 6) is 0.290. The first-order valence-electron chi connectivity index (χ1n) is 9.34. The molecule has 0 radical (unpaired) electrons. The molecule has 164 valence electrons. The van der Waals surface area contributed by atoms with Crippen molar-refractivity contribution in [3.05, 3.63) is 45.7 Å². The highest BCUT2D eigenvalue weighted by Crippen LogP contribution is 2.47. The summed E-state index contributed by atoms with van der Waals surface area (Å²) in [6.45, 7) is 3.73. The Balaban J connectivity index is 1.83. The second kappa shape index (κ2) is 10.6. The van der Waals surface area contributed by atoms with Gasteiger partial charge in [-0.2, -0.15) is 0 Å². The number of hydrogen-bond acceptors (Lipinski definition) is 8. The van der Waals surface area contributed by atoms with Gasteiger partial charge in [0.2, 0.25) is 5.91 Å². The highest BCUT2D eigenvalue weighted by atomic mass is 79.9. The zero-order chi connectivity index (χ0) is 22.4. The molecule has 0 aliphatic rings. The predicted octanol–water partition coefficient (Wildman–Crippen LogP) is 5.50. The molecule has 2 heterocycles. The average molecular weight is 573 g/mol. The third kappa shape index (κ3) is 6.30. The number of hydrogen-bond donors (Lipinski definition) is 2. The molecule has 31 heavy (non-hydrogen) atoms. The summed E-state index contributed by atoms with van der Waals surface area (Å²) in [6, 6.07) is 7.35. The molecule has 0 saturated carbocycles. The molecule has 3 rings (SSSR count). The molecule has 12 heteroatoms. The van der Waals surface area contributed by atoms with Crippen molar-refractivity contribution in [3.63, 3.8) is 0 Å². The number of aromatic nitrogens is 3. The van der Waals surface area contributed by atoms with Crippen molar-refractivity contribution in [2.45, 2.75) is 13.8 Å². The third-order valence-electron chi connectivity index (χ3n) is 3.96. The Kier molecular flexibility index (Phi) is 8.12. The second-order valence-electron chi connectivity index (χ2n) is 6.22. The topological polar surface area (TPSA) is 115 Å². The van der Waals surface area contributed by atoms with Crippen LogP contribution in [0.5, 0.6) is 0 Å². The fourth-order valence-corrected chi connectivity index (χ4v) is 4.82. The molecule has 0 spiro atoms. The van der Waals surface area contributed by atoms with Crippen molar-refractivity contribution >= 4 is 73.6 Å². The van der Waals surface area contributed by atoms with Gasteiger partial charge in [0.15, 0.2) is 0 Å². The van der Waals surface area contributed by atoms with Crippen molar-refractivity contribution in [3.8, 4) is 0 Å². The number of carbonyl (C=O) groups excluding carboxylic acids is 1. The number of carbonyl (C=O) groups is 1. The Labute approximate surface area is 196 Å². The summed E-state index contributed by atoms with van der Waals surface area (Å²) in [7, 11) is -3.51. The summed E-state index contributed by atoms with van der Waals surface area (Å²) in [4.78, 5) is 25.2. The molecule has 0 aliphatic carbocycles. The Morgan fingerprint density at radius 2 is 1.81 bits per heavy atom. The van der Waals surface area contributed by atoms with Crippen LogP contribution in [0.15, 0.2) is 45.7 Å². The molecular weight excluding hydrogens is 553 g/mol. The van der Waals surface area contributed by atoms with E-state index in [1.165, 1.54) is 12.5 Å². The van der Waals surface area contributed by atoms with Gasteiger partial charge in [-0.3, -0.25) is 9.36 Å². The summed E-state index contributed by atoms with van der Waals surface area (Å²) >= 11 is 6.91. The largest absolute Gasteiger partial charge is 0.340 e. The van der Waals surface area contributed by atoms with Gasteiger partial charge < -0.3 is 19.7 Å². The number of fused-ring (bicyclic) bond motifs is 1. The summed E-state index contributed by atoms with van der Waals surface area (Å²) in [5, 5.41) is 6.53. The van der Waals surface area contributed by atoms with Gasteiger partial charge in [0.1, 0.15) is 24.1 Å². The van der Waals surface area contributed by atoms with E-state index < -0.39 is 19.7 Å². The number of anilines is 3. The maximum absolute atomic E-state index is 12.6. The van der Waals surface area contributed by atoms with Crippen LogP contribution in [0.4, 0.5) is 17.3 Å². The smallest absolute Gasteiger partial charge is 0.340 e. The Morgan fingerprint density at radius 1 is 1.06 bits per heavy atom. The minimum absolute atomic E-state index is 0.178. The highest BCUT2D eigenvalue weighted by Gasteiger charge is 2.27. The van der Waals surface area contributed by atoms with Gasteiger partial charge in [0.25, 0.3) is 0 Å². The zero-order valence-electron chi connectivity index (χ0n) is 16.8. The van der Waals surface area contributed by atoms with Crippen LogP contribution < -0.4 is 10.6 Å². The molecule has 0 bridgehead atoms. The maximum Gasteiger partial charge on any atom is 0.340 e. The van der Waals surface area contributed by atoms with Gasteiger partial charge >= 0.3 is 7.60 Å². The molecule has 2 N–H and O–H groups in total. The van der Waals surface area contributed by atoms with E-state index in [0.717, 1.165) is 14.6 Å². The van der Waals surface area contributed by atoms with E-state index in [1.54, 1.807) is 19.9 Å². The van der Waals surface area contributed by atoms with E-state index in [4.69, 9.17) is 9.05 Å². The number of halogens is 2. The van der Waals surface area contributed by atoms with Crippen LogP contribution in [0.25, 0.3) is 10.9 Å². The van der Waals surface area contributed by atoms with Crippen LogP contribution in [0, 0.1) is 0 Å². The fourth-order valence-electron chi connectivity index (χ4n) is 2.72. The lowest BCUT2D eigenvalue weighted by molar-refractivity contribution is -0.114. The van der Waals surface area contributed by atoms with E-state index in [2.05, 4.69) is 57.4 Å². The number of benzene rings is 1. The van der Waals surface area contributed by atoms with Gasteiger partial charge in [0, 0.05) is 20.0 Å². The first kappa shape index (κ1) is 23.7. The van der Waals surface area contributed by atoms with Gasteiger partial charge in [-0.25, -0.2) is 15.0 Å². The van der Waals surface area contributed by atoms with Crippen molar-refractivity contribution in [2.24, 2.45) is 0 Å². The summed E-state index contributed by atoms with van der Waals surface area (Å²) in [6.07, 6.45) is 2.55. The standard InChI is InChI=1S/C19H20Br2N5O4P/c1-3-29-31(28,30-4-2)10-18(27)26-17-8-13-16(9-22-17)23-11-24-19(13)25-12-5-6-14(20)15(21)7-12/h5-9,11H,3-4,10H2,1-2H3,(H,22,26,27)(H,23,24,25). The molecule has 0 atom stereocenters. The molecule has 1 amide bonds. The number of rotatable bonds is 9. The van der Waals surface area contributed by atoms with Crippen LogP contribution in [-0.4, -0.2) is 40.2 Å². The van der Waals surface area contributed by atoms with Gasteiger partial charge in [-0.1, -0.05) is 0 Å². The molecule has 3 aromatic rings. The molecule has 9 nitrogen and oxygen atoms in total. The van der Waals surface area contributed by atoms with Crippen molar-refractivity contribution < 1.29 is 18.4 Å². The monoisotopic (exact) mass is 571 g/mol. The van der Waals surface area contributed by atoms with E-state index in [-0.39, 0.29) is 19.0 Å². The third-order valence-corrected chi connectivity index (χ3v) is 7.82. The molecular formula is C19H20Br2N5O4P. The lowest BCUT2D eigenvalue weighted by atomic mass is 10.2. The van der Waals surface area contributed by atoms with Crippen LogP contribution >= 0.6 is 39.5 Å². The highest BCUT2D eigenvalue weighted by molar-refractivity contribution is 9.13. The van der Waals surface area contributed by atoms with E-state index in [1.807, 2.05) is 18.2 Å². The van der Waals surface area contributed by atoms with Gasteiger partial charge in [-0.05, 0) is 70.0 Å². The van der Waals surface area contributed by atoms with E-state index in [9.17, 15) is 9.36 Å². The molecule has 0 fully saturated rings. The van der Waals surface area contributed by atoms with Crippen LogP contribution in [0.3, 0.4) is 0 Å². The van der Waals surface area contributed by atoms with Crippen LogP contribution in [0.1, 0.15) is 13.8 Å². The number of nitrogens with zero attached hydrogens (tertiary/aromatic N) is 3. The van der Waals surface area contributed by atoms with Crippen molar-refractivity contribution in [1.82, 2.24) is 15.0 Å². The first-order chi connectivity index (χ1) is 14.8. The number of pyridine rings is 1. The minimum Gasteiger partial charge on any atom is -0.340 e. The average Bonchev–Trinajstić information content (AvgIpc) is 2.71.